The zero-order valence-electron chi connectivity index (χ0n) is 9.42. The van der Waals surface area contributed by atoms with E-state index in [1.807, 2.05) is 6.92 Å². The molecule has 1 aromatic rings. The van der Waals surface area contributed by atoms with Gasteiger partial charge < -0.3 is 5.32 Å². The first-order chi connectivity index (χ1) is 7.69. The van der Waals surface area contributed by atoms with Crippen molar-refractivity contribution in [3.63, 3.8) is 0 Å². The summed E-state index contributed by atoms with van der Waals surface area (Å²) in [7, 11) is 0. The Bertz CT molecular complexity index is 381. The lowest BCUT2D eigenvalue weighted by molar-refractivity contribution is -0.129. The molecular formula is C13H16FNO. The average Bonchev–Trinajstić information content (AvgIpc) is 2.19. The van der Waals surface area contributed by atoms with Gasteiger partial charge in [-0.3, -0.25) is 4.79 Å². The standard InChI is InChI=1S/C13H16FNO/c1-2-15-12(16)13(8-3-9-13)10-4-6-11(14)7-5-10/h4-7H,2-3,8-9H2,1H3,(H,15,16). The van der Waals surface area contributed by atoms with Crippen LogP contribution in [0.2, 0.25) is 0 Å². The molecule has 0 unspecified atom stereocenters. The van der Waals surface area contributed by atoms with E-state index in [2.05, 4.69) is 5.32 Å². The summed E-state index contributed by atoms with van der Waals surface area (Å²) < 4.78 is 12.8. The molecule has 0 aliphatic heterocycles. The minimum Gasteiger partial charge on any atom is -0.356 e. The van der Waals surface area contributed by atoms with Gasteiger partial charge in [-0.15, -0.1) is 0 Å². The topological polar surface area (TPSA) is 29.1 Å². The van der Waals surface area contributed by atoms with Gasteiger partial charge in [0.2, 0.25) is 5.91 Å². The number of likely N-dealkylation sites (N-methyl/N-ethyl adjacent to an activating group) is 1. The van der Waals surface area contributed by atoms with Crippen LogP contribution in [0.5, 0.6) is 0 Å². The molecule has 1 amide bonds. The normalized spacial score (nSPS) is 17.6. The number of halogens is 1. The molecule has 2 nitrogen and oxygen atoms in total. The predicted octanol–water partition coefficient (Wildman–Crippen LogP) is 2.38. The number of hydrogen-bond donors (Lipinski definition) is 1. The van der Waals surface area contributed by atoms with Crippen molar-refractivity contribution in [2.24, 2.45) is 0 Å². The SMILES string of the molecule is CCNC(=O)C1(c2ccc(F)cc2)CCC1. The molecule has 0 atom stereocenters. The zero-order chi connectivity index (χ0) is 11.6. The Morgan fingerprint density at radius 2 is 2.00 bits per heavy atom. The molecule has 1 N–H and O–H groups in total. The maximum atomic E-state index is 12.8. The Balaban J connectivity index is 2.27. The smallest absolute Gasteiger partial charge is 0.230 e. The molecule has 0 heterocycles. The van der Waals surface area contributed by atoms with Gasteiger partial charge in [-0.2, -0.15) is 0 Å². The first kappa shape index (κ1) is 11.1. The lowest BCUT2D eigenvalue weighted by Crippen LogP contribution is -2.49. The van der Waals surface area contributed by atoms with Crippen molar-refractivity contribution in [1.82, 2.24) is 5.32 Å². The van der Waals surface area contributed by atoms with Crippen molar-refractivity contribution in [2.75, 3.05) is 6.54 Å². The van der Waals surface area contributed by atoms with Crippen LogP contribution in [0, 0.1) is 5.82 Å². The fraction of sp³-hybridized carbons (Fsp3) is 0.462. The van der Waals surface area contributed by atoms with E-state index in [4.69, 9.17) is 0 Å². The maximum absolute atomic E-state index is 12.8. The van der Waals surface area contributed by atoms with Gasteiger partial charge in [0.15, 0.2) is 0 Å². The number of carbonyl (C=O) groups is 1. The fourth-order valence-electron chi connectivity index (χ4n) is 2.28. The molecule has 1 aromatic carbocycles. The van der Waals surface area contributed by atoms with E-state index in [1.165, 1.54) is 12.1 Å². The summed E-state index contributed by atoms with van der Waals surface area (Å²) in [5, 5.41) is 2.87. The molecule has 1 saturated carbocycles. The first-order valence-corrected chi connectivity index (χ1v) is 5.73. The molecule has 0 aromatic heterocycles. The Morgan fingerprint density at radius 3 is 2.44 bits per heavy atom. The zero-order valence-corrected chi connectivity index (χ0v) is 9.42. The van der Waals surface area contributed by atoms with Gasteiger partial charge in [0.25, 0.3) is 0 Å². The molecule has 0 saturated heterocycles. The van der Waals surface area contributed by atoms with E-state index >= 15 is 0 Å². The third kappa shape index (κ3) is 1.70. The first-order valence-electron chi connectivity index (χ1n) is 5.73. The second kappa shape index (κ2) is 4.24. The molecular weight excluding hydrogens is 205 g/mol. The molecule has 86 valence electrons. The monoisotopic (exact) mass is 221 g/mol. The molecule has 3 heteroatoms. The third-order valence-corrected chi connectivity index (χ3v) is 3.38. The number of nitrogens with one attached hydrogen (secondary N) is 1. The number of amides is 1. The van der Waals surface area contributed by atoms with Gasteiger partial charge in [-0.25, -0.2) is 4.39 Å². The average molecular weight is 221 g/mol. The van der Waals surface area contributed by atoms with Crippen LogP contribution in [-0.2, 0) is 10.2 Å². The van der Waals surface area contributed by atoms with Gasteiger partial charge in [0.1, 0.15) is 5.82 Å². The van der Waals surface area contributed by atoms with Crippen LogP contribution in [0.15, 0.2) is 24.3 Å². The summed E-state index contributed by atoms with van der Waals surface area (Å²) in [5.41, 5.74) is 0.537. The number of benzene rings is 1. The van der Waals surface area contributed by atoms with Gasteiger partial charge >= 0.3 is 0 Å². The Hall–Kier alpha value is -1.38. The van der Waals surface area contributed by atoms with Crippen molar-refractivity contribution in [3.05, 3.63) is 35.6 Å². The lowest BCUT2D eigenvalue weighted by atomic mass is 9.64. The Labute approximate surface area is 94.9 Å². The molecule has 0 bridgehead atoms. The number of rotatable bonds is 3. The van der Waals surface area contributed by atoms with Gasteiger partial charge in [-0.1, -0.05) is 18.6 Å². The van der Waals surface area contributed by atoms with Crippen LogP contribution in [0.3, 0.4) is 0 Å². The van der Waals surface area contributed by atoms with Crippen LogP contribution in [-0.4, -0.2) is 12.5 Å². The summed E-state index contributed by atoms with van der Waals surface area (Å²) in [6.07, 6.45) is 2.80. The highest BCUT2D eigenvalue weighted by Crippen LogP contribution is 2.43. The van der Waals surface area contributed by atoms with Crippen LogP contribution in [0.25, 0.3) is 0 Å². The molecule has 0 radical (unpaired) electrons. The minimum absolute atomic E-state index is 0.0767. The summed E-state index contributed by atoms with van der Waals surface area (Å²) in [6.45, 7) is 2.55. The van der Waals surface area contributed by atoms with E-state index in [0.717, 1.165) is 24.8 Å². The van der Waals surface area contributed by atoms with Crippen molar-refractivity contribution >= 4 is 5.91 Å². The van der Waals surface area contributed by atoms with Gasteiger partial charge in [0.05, 0.1) is 5.41 Å². The summed E-state index contributed by atoms with van der Waals surface area (Å²) in [4.78, 5) is 12.0. The second-order valence-corrected chi connectivity index (χ2v) is 4.30. The highest BCUT2D eigenvalue weighted by atomic mass is 19.1. The van der Waals surface area contributed by atoms with E-state index in [-0.39, 0.29) is 11.7 Å². The molecule has 1 aliphatic rings. The van der Waals surface area contributed by atoms with E-state index in [9.17, 15) is 9.18 Å². The highest BCUT2D eigenvalue weighted by Gasteiger charge is 2.45. The Morgan fingerprint density at radius 1 is 1.38 bits per heavy atom. The van der Waals surface area contributed by atoms with Crippen LogP contribution < -0.4 is 5.32 Å². The summed E-state index contributed by atoms with van der Waals surface area (Å²) in [5.74, 6) is -0.179. The quantitative estimate of drug-likeness (QED) is 0.834. The Kier molecular flexibility index (Phi) is 2.95. The van der Waals surface area contributed by atoms with E-state index in [0.29, 0.717) is 6.54 Å². The summed E-state index contributed by atoms with van der Waals surface area (Å²) in [6, 6.07) is 6.30. The van der Waals surface area contributed by atoms with Gasteiger partial charge in [0, 0.05) is 6.54 Å². The van der Waals surface area contributed by atoms with E-state index < -0.39 is 5.41 Å². The summed E-state index contributed by atoms with van der Waals surface area (Å²) >= 11 is 0. The van der Waals surface area contributed by atoms with Crippen molar-refractivity contribution in [3.8, 4) is 0 Å². The maximum Gasteiger partial charge on any atom is 0.230 e. The lowest BCUT2D eigenvalue weighted by Gasteiger charge is -2.40. The molecule has 1 fully saturated rings. The third-order valence-electron chi connectivity index (χ3n) is 3.38. The van der Waals surface area contributed by atoms with Crippen LogP contribution in [0.4, 0.5) is 4.39 Å². The predicted molar refractivity (Wildman–Crippen MR) is 60.6 cm³/mol. The molecule has 0 spiro atoms. The second-order valence-electron chi connectivity index (χ2n) is 4.30. The van der Waals surface area contributed by atoms with Crippen LogP contribution in [0.1, 0.15) is 31.7 Å². The van der Waals surface area contributed by atoms with E-state index in [1.54, 1.807) is 12.1 Å². The molecule has 16 heavy (non-hydrogen) atoms. The minimum atomic E-state index is -0.399. The molecule has 1 aliphatic carbocycles. The highest BCUT2D eigenvalue weighted by molar-refractivity contribution is 5.89. The van der Waals surface area contributed by atoms with Crippen molar-refractivity contribution < 1.29 is 9.18 Å². The van der Waals surface area contributed by atoms with Gasteiger partial charge in [-0.05, 0) is 37.5 Å². The molecule has 2 rings (SSSR count). The largest absolute Gasteiger partial charge is 0.356 e. The van der Waals surface area contributed by atoms with Crippen molar-refractivity contribution in [1.29, 1.82) is 0 Å². The van der Waals surface area contributed by atoms with Crippen molar-refractivity contribution in [2.45, 2.75) is 31.6 Å². The van der Waals surface area contributed by atoms with Crippen LogP contribution >= 0.6 is 0 Å². The fourth-order valence-corrected chi connectivity index (χ4v) is 2.28. The number of hydrogen-bond acceptors (Lipinski definition) is 1. The number of carbonyl (C=O) groups excluding carboxylic acids is 1.